The van der Waals surface area contributed by atoms with E-state index in [0.29, 0.717) is 42.5 Å². The molecule has 2 saturated heterocycles. The van der Waals surface area contributed by atoms with Crippen molar-refractivity contribution < 1.29 is 27.1 Å². The number of piperidine rings is 1. The van der Waals surface area contributed by atoms with Gasteiger partial charge in [0.15, 0.2) is 0 Å². The molecule has 0 aliphatic carbocycles. The van der Waals surface area contributed by atoms with E-state index in [1.54, 1.807) is 11.0 Å². The quantitative estimate of drug-likeness (QED) is 0.472. The van der Waals surface area contributed by atoms with Crippen molar-refractivity contribution in [3.63, 3.8) is 0 Å². The maximum Gasteiger partial charge on any atom is 0.419 e. The summed E-state index contributed by atoms with van der Waals surface area (Å²) >= 11 is 0. The third kappa shape index (κ3) is 5.24. The number of fused-ring (bicyclic) bond motifs is 1. The van der Waals surface area contributed by atoms with Gasteiger partial charge in [-0.1, -0.05) is 0 Å². The number of benzene rings is 1. The number of hydrogen-bond donors (Lipinski definition) is 2. The van der Waals surface area contributed by atoms with Gasteiger partial charge in [-0.3, -0.25) is 4.79 Å². The summed E-state index contributed by atoms with van der Waals surface area (Å²) in [6, 6.07) is 3.26. The van der Waals surface area contributed by atoms with E-state index in [1.807, 2.05) is 38.5 Å². The molecular formula is C25H29F4N7O2. The second-order valence-corrected chi connectivity index (χ2v) is 10.6. The van der Waals surface area contributed by atoms with Gasteiger partial charge in [0, 0.05) is 50.6 Å². The molecule has 0 saturated carbocycles. The normalized spacial score (nSPS) is 23.3. The zero-order valence-electron chi connectivity index (χ0n) is 21.4. The van der Waals surface area contributed by atoms with Crippen LogP contribution in [0.15, 0.2) is 24.5 Å². The van der Waals surface area contributed by atoms with Crippen LogP contribution >= 0.6 is 0 Å². The SMILES string of the molecule is Cc1cc2c(cc1NC(=O)C1CC(C)(C)O1)nc(N1C[C@H](F)C[C@@H](Nc3ncc(C(F)(F)F)cn3)C1)n2C. The summed E-state index contributed by atoms with van der Waals surface area (Å²) in [5, 5.41) is 5.87. The summed E-state index contributed by atoms with van der Waals surface area (Å²) in [6.07, 6.45) is -4.03. The zero-order valence-corrected chi connectivity index (χ0v) is 21.4. The van der Waals surface area contributed by atoms with E-state index < -0.39 is 30.1 Å². The minimum Gasteiger partial charge on any atom is -0.362 e. The Morgan fingerprint density at radius 2 is 1.87 bits per heavy atom. The summed E-state index contributed by atoms with van der Waals surface area (Å²) in [5.74, 6) is 0.324. The van der Waals surface area contributed by atoms with E-state index in [0.717, 1.165) is 11.1 Å². The minimum absolute atomic E-state index is 0.00288. The number of hydrogen-bond acceptors (Lipinski definition) is 7. The van der Waals surface area contributed by atoms with Crippen LogP contribution in [0.4, 0.5) is 35.1 Å². The van der Waals surface area contributed by atoms with Crippen LogP contribution in [0.1, 0.15) is 37.8 Å². The lowest BCUT2D eigenvalue weighted by Gasteiger charge is -2.41. The predicted molar refractivity (Wildman–Crippen MR) is 134 cm³/mol. The molecule has 0 radical (unpaired) electrons. The fraction of sp³-hybridized carbons (Fsp3) is 0.520. The number of imidazole rings is 1. The first kappa shape index (κ1) is 26.1. The molecule has 2 fully saturated rings. The molecular weight excluding hydrogens is 506 g/mol. The molecule has 0 bridgehead atoms. The number of halogens is 4. The number of aromatic nitrogens is 4. The van der Waals surface area contributed by atoms with E-state index in [4.69, 9.17) is 9.72 Å². The van der Waals surface area contributed by atoms with Crippen LogP contribution in [-0.2, 0) is 22.8 Å². The first-order valence-corrected chi connectivity index (χ1v) is 12.3. The molecule has 204 valence electrons. The Labute approximate surface area is 216 Å². The summed E-state index contributed by atoms with van der Waals surface area (Å²) in [7, 11) is 1.83. The summed E-state index contributed by atoms with van der Waals surface area (Å²) in [6.45, 7) is 6.21. The van der Waals surface area contributed by atoms with Gasteiger partial charge in [-0.15, -0.1) is 0 Å². The average Bonchev–Trinajstić information content (AvgIpc) is 3.12. The number of amides is 1. The number of anilines is 3. The van der Waals surface area contributed by atoms with Crippen LogP contribution in [-0.4, -0.2) is 62.4 Å². The Hall–Kier alpha value is -3.48. The molecule has 13 heteroatoms. The molecule has 38 heavy (non-hydrogen) atoms. The molecule has 2 aliphatic heterocycles. The van der Waals surface area contributed by atoms with Crippen molar-refractivity contribution in [2.24, 2.45) is 7.05 Å². The monoisotopic (exact) mass is 535 g/mol. The van der Waals surface area contributed by atoms with Crippen LogP contribution in [0.2, 0.25) is 0 Å². The summed E-state index contributed by atoms with van der Waals surface area (Å²) < 4.78 is 60.6. The third-order valence-electron chi connectivity index (χ3n) is 6.89. The second-order valence-electron chi connectivity index (χ2n) is 10.6. The van der Waals surface area contributed by atoms with Crippen molar-refractivity contribution in [2.45, 2.75) is 63.7 Å². The van der Waals surface area contributed by atoms with E-state index in [-0.39, 0.29) is 30.4 Å². The Balaban J connectivity index is 1.32. The van der Waals surface area contributed by atoms with Crippen molar-refractivity contribution in [2.75, 3.05) is 28.6 Å². The van der Waals surface area contributed by atoms with Gasteiger partial charge in [0.05, 0.1) is 28.7 Å². The highest BCUT2D eigenvalue weighted by molar-refractivity contribution is 5.97. The predicted octanol–water partition coefficient (Wildman–Crippen LogP) is 4.23. The standard InChI is InChI=1S/C25H29F4N7O2/c1-13-5-19-18(7-17(13)33-21(37)20-8-24(2,3)38-20)34-23(35(19)4)36-11-15(26)6-16(12-36)32-22-30-9-14(10-31-22)25(27,28)29/h5,7,9-10,15-16,20H,6,8,11-12H2,1-4H3,(H,33,37)(H,30,31,32)/t15-,16-,20?/m1/s1. The van der Waals surface area contributed by atoms with Crippen LogP contribution < -0.4 is 15.5 Å². The number of nitrogens with zero attached hydrogens (tertiary/aromatic N) is 5. The maximum absolute atomic E-state index is 14.8. The van der Waals surface area contributed by atoms with Gasteiger partial charge >= 0.3 is 6.18 Å². The molecule has 4 heterocycles. The van der Waals surface area contributed by atoms with Gasteiger partial charge in [-0.2, -0.15) is 13.2 Å². The average molecular weight is 536 g/mol. The molecule has 1 aromatic carbocycles. The van der Waals surface area contributed by atoms with Crippen LogP contribution in [0.3, 0.4) is 0 Å². The molecule has 3 atom stereocenters. The highest BCUT2D eigenvalue weighted by atomic mass is 19.4. The van der Waals surface area contributed by atoms with Crippen molar-refractivity contribution in [1.29, 1.82) is 0 Å². The second kappa shape index (κ2) is 9.37. The fourth-order valence-electron chi connectivity index (χ4n) is 4.97. The van der Waals surface area contributed by atoms with Crippen LogP contribution in [0.25, 0.3) is 11.0 Å². The van der Waals surface area contributed by atoms with Gasteiger partial charge in [0.2, 0.25) is 11.9 Å². The minimum atomic E-state index is -4.53. The zero-order chi connectivity index (χ0) is 27.4. The fourth-order valence-corrected chi connectivity index (χ4v) is 4.97. The van der Waals surface area contributed by atoms with E-state index >= 15 is 0 Å². The van der Waals surface area contributed by atoms with Gasteiger partial charge in [0.1, 0.15) is 12.3 Å². The Bertz CT molecular complexity index is 1350. The molecule has 1 amide bonds. The molecule has 2 N–H and O–H groups in total. The van der Waals surface area contributed by atoms with Crippen molar-refractivity contribution in [1.82, 2.24) is 19.5 Å². The lowest BCUT2D eigenvalue weighted by Crippen LogP contribution is -2.51. The number of carbonyl (C=O) groups is 1. The van der Waals surface area contributed by atoms with Gasteiger partial charge in [0.25, 0.3) is 5.91 Å². The van der Waals surface area contributed by atoms with Crippen molar-refractivity contribution in [3.05, 3.63) is 35.7 Å². The van der Waals surface area contributed by atoms with E-state index in [1.165, 1.54) is 0 Å². The Morgan fingerprint density at radius 1 is 1.18 bits per heavy atom. The van der Waals surface area contributed by atoms with E-state index in [9.17, 15) is 22.4 Å². The third-order valence-corrected chi connectivity index (χ3v) is 6.89. The van der Waals surface area contributed by atoms with E-state index in [2.05, 4.69) is 20.6 Å². The first-order valence-electron chi connectivity index (χ1n) is 12.3. The lowest BCUT2D eigenvalue weighted by molar-refractivity contribution is -0.188. The number of alkyl halides is 4. The van der Waals surface area contributed by atoms with Crippen molar-refractivity contribution >= 4 is 34.5 Å². The maximum atomic E-state index is 14.8. The number of aryl methyl sites for hydroxylation is 2. The number of carbonyl (C=O) groups excluding carboxylic acids is 1. The Morgan fingerprint density at radius 3 is 2.50 bits per heavy atom. The van der Waals surface area contributed by atoms with Crippen LogP contribution in [0.5, 0.6) is 0 Å². The Kier molecular flexibility index (Phi) is 6.44. The molecule has 9 nitrogen and oxygen atoms in total. The molecule has 0 spiro atoms. The smallest absolute Gasteiger partial charge is 0.362 e. The molecule has 2 aromatic heterocycles. The summed E-state index contributed by atoms with van der Waals surface area (Å²) in [4.78, 5) is 26.6. The lowest BCUT2D eigenvalue weighted by atomic mass is 9.92. The molecule has 5 rings (SSSR count). The topological polar surface area (TPSA) is 97.2 Å². The molecule has 2 aliphatic rings. The van der Waals surface area contributed by atoms with Crippen LogP contribution in [0, 0.1) is 6.92 Å². The number of ether oxygens (including phenoxy) is 1. The van der Waals surface area contributed by atoms with Gasteiger partial charge in [-0.05, 0) is 38.5 Å². The first-order chi connectivity index (χ1) is 17.8. The largest absolute Gasteiger partial charge is 0.419 e. The summed E-state index contributed by atoms with van der Waals surface area (Å²) in [5.41, 5.74) is 1.67. The number of rotatable bonds is 5. The highest BCUT2D eigenvalue weighted by Crippen LogP contribution is 2.34. The molecule has 1 unspecified atom stereocenters. The number of nitrogens with one attached hydrogen (secondary N) is 2. The van der Waals surface area contributed by atoms with Gasteiger partial charge < -0.3 is 24.8 Å². The van der Waals surface area contributed by atoms with Gasteiger partial charge in [-0.25, -0.2) is 19.3 Å². The van der Waals surface area contributed by atoms with Crippen molar-refractivity contribution in [3.8, 4) is 0 Å². The highest BCUT2D eigenvalue weighted by Gasteiger charge is 2.41. The molecule has 3 aromatic rings.